The molecule has 10 heteroatoms. The molecule has 40 heavy (non-hydrogen) atoms. The smallest absolute Gasteiger partial charge is 0.326 e. The Kier molecular flexibility index (Phi) is 13.1. The number of methoxy groups -OCH3 is 1. The van der Waals surface area contributed by atoms with Crippen LogP contribution in [0.2, 0.25) is 0 Å². The quantitative estimate of drug-likeness (QED) is 0.219. The summed E-state index contributed by atoms with van der Waals surface area (Å²) in [6.45, 7) is 1.32. The van der Waals surface area contributed by atoms with Crippen molar-refractivity contribution in [3.63, 3.8) is 0 Å². The number of carboxylic acid groups (broad SMARTS) is 1. The van der Waals surface area contributed by atoms with Gasteiger partial charge in [0.15, 0.2) is 0 Å². The highest BCUT2D eigenvalue weighted by atomic mass is 32.2. The Labute approximate surface area is 244 Å². The van der Waals surface area contributed by atoms with Gasteiger partial charge in [-0.05, 0) is 52.5 Å². The second kappa shape index (κ2) is 16.8. The van der Waals surface area contributed by atoms with Gasteiger partial charge in [-0.15, -0.1) is 11.8 Å². The highest BCUT2D eigenvalue weighted by Gasteiger charge is 2.21. The summed E-state index contributed by atoms with van der Waals surface area (Å²) in [5.74, 6) is 1.01. The van der Waals surface area contributed by atoms with Crippen LogP contribution >= 0.6 is 23.5 Å². The number of fused-ring (bicyclic) bond motifs is 1. The first-order valence-electron chi connectivity index (χ1n) is 13.1. The molecular formula is C30H37N3O5S2. The Morgan fingerprint density at radius 3 is 2.48 bits per heavy atom. The second-order valence-electron chi connectivity index (χ2n) is 9.28. The van der Waals surface area contributed by atoms with Crippen LogP contribution in [-0.2, 0) is 26.7 Å². The maximum absolute atomic E-state index is 12.9. The zero-order valence-corrected chi connectivity index (χ0v) is 24.6. The average Bonchev–Trinajstić information content (AvgIpc) is 2.95. The molecule has 0 aromatic heterocycles. The number of amides is 2. The number of thioether (sulfide) groups is 2. The molecule has 0 saturated carbocycles. The fourth-order valence-electron chi connectivity index (χ4n) is 4.21. The summed E-state index contributed by atoms with van der Waals surface area (Å²) in [4.78, 5) is 38.9. The van der Waals surface area contributed by atoms with Crippen LogP contribution in [0.25, 0.3) is 10.8 Å². The molecule has 0 bridgehead atoms. The van der Waals surface area contributed by atoms with Crippen LogP contribution in [0.3, 0.4) is 0 Å². The van der Waals surface area contributed by atoms with Crippen LogP contribution < -0.4 is 15.4 Å². The van der Waals surface area contributed by atoms with E-state index in [4.69, 9.17) is 4.74 Å². The van der Waals surface area contributed by atoms with Gasteiger partial charge < -0.3 is 20.5 Å². The number of ether oxygens (including phenoxy) is 1. The van der Waals surface area contributed by atoms with E-state index in [1.54, 1.807) is 7.11 Å². The number of carbonyl (C=O) groups excluding carboxylic acids is 2. The van der Waals surface area contributed by atoms with Gasteiger partial charge in [0.1, 0.15) is 11.8 Å². The van der Waals surface area contributed by atoms with Crippen molar-refractivity contribution < 1.29 is 24.2 Å². The molecule has 214 valence electrons. The summed E-state index contributed by atoms with van der Waals surface area (Å²) >= 11 is 3.07. The highest BCUT2D eigenvalue weighted by molar-refractivity contribution is 7.99. The van der Waals surface area contributed by atoms with E-state index in [9.17, 15) is 19.5 Å². The molecule has 0 aliphatic rings. The van der Waals surface area contributed by atoms with Gasteiger partial charge in [-0.1, -0.05) is 54.6 Å². The lowest BCUT2D eigenvalue weighted by Crippen LogP contribution is -2.47. The van der Waals surface area contributed by atoms with Gasteiger partial charge in [0, 0.05) is 25.4 Å². The van der Waals surface area contributed by atoms with Crippen molar-refractivity contribution in [3.8, 4) is 5.75 Å². The summed E-state index contributed by atoms with van der Waals surface area (Å²) in [5, 5.41) is 17.3. The summed E-state index contributed by atoms with van der Waals surface area (Å²) < 4.78 is 5.18. The predicted octanol–water partition coefficient (Wildman–Crippen LogP) is 4.02. The highest BCUT2D eigenvalue weighted by Crippen LogP contribution is 2.20. The zero-order valence-electron chi connectivity index (χ0n) is 22.9. The Morgan fingerprint density at radius 2 is 1.75 bits per heavy atom. The fraction of sp³-hybridized carbons (Fsp3) is 0.367. The Hall–Kier alpha value is -3.21. The van der Waals surface area contributed by atoms with E-state index in [1.807, 2.05) is 77.9 Å². The molecule has 0 heterocycles. The van der Waals surface area contributed by atoms with Gasteiger partial charge in [-0.3, -0.25) is 14.5 Å². The van der Waals surface area contributed by atoms with Gasteiger partial charge in [0.05, 0.1) is 19.4 Å². The van der Waals surface area contributed by atoms with Gasteiger partial charge in [0.2, 0.25) is 11.8 Å². The summed E-state index contributed by atoms with van der Waals surface area (Å²) in [6.07, 6.45) is 2.26. The Bertz CT molecular complexity index is 1250. The van der Waals surface area contributed by atoms with Crippen LogP contribution in [0.1, 0.15) is 17.5 Å². The number of benzene rings is 3. The van der Waals surface area contributed by atoms with Gasteiger partial charge >= 0.3 is 5.97 Å². The molecule has 2 amide bonds. The first-order valence-corrected chi connectivity index (χ1v) is 15.6. The molecule has 0 fully saturated rings. The lowest BCUT2D eigenvalue weighted by Gasteiger charge is -2.24. The lowest BCUT2D eigenvalue weighted by atomic mass is 10.0. The summed E-state index contributed by atoms with van der Waals surface area (Å²) in [7, 11) is 1.63. The van der Waals surface area contributed by atoms with Crippen LogP contribution in [0.5, 0.6) is 5.75 Å². The van der Waals surface area contributed by atoms with Crippen molar-refractivity contribution in [3.05, 3.63) is 77.9 Å². The topological polar surface area (TPSA) is 108 Å². The van der Waals surface area contributed by atoms with E-state index in [0.717, 1.165) is 27.6 Å². The van der Waals surface area contributed by atoms with Gasteiger partial charge in [0.25, 0.3) is 0 Å². The molecule has 3 N–H and O–H groups in total. The number of hydrogen-bond donors (Lipinski definition) is 3. The van der Waals surface area contributed by atoms with Crippen molar-refractivity contribution >= 4 is 52.1 Å². The van der Waals surface area contributed by atoms with Crippen LogP contribution in [0.15, 0.2) is 66.7 Å². The molecule has 0 radical (unpaired) electrons. The van der Waals surface area contributed by atoms with Gasteiger partial charge in [-0.2, -0.15) is 11.8 Å². The maximum atomic E-state index is 12.9. The SMILES string of the molecule is COc1ccc(CSCC(=O)NCCN(CC(=O)N[C@@H](CCSC)C(=O)O)Cc2cccc3ccccc23)cc1. The van der Waals surface area contributed by atoms with E-state index in [1.165, 1.54) is 23.5 Å². The number of rotatable bonds is 17. The number of aliphatic carboxylic acids is 1. The normalized spacial score (nSPS) is 11.8. The molecule has 3 rings (SSSR count). The molecule has 1 atom stereocenters. The fourth-order valence-corrected chi connectivity index (χ4v) is 5.50. The Morgan fingerprint density at radius 1 is 1.00 bits per heavy atom. The molecule has 0 saturated heterocycles. The molecule has 3 aromatic carbocycles. The first-order chi connectivity index (χ1) is 19.4. The average molecular weight is 584 g/mol. The zero-order chi connectivity index (χ0) is 28.7. The number of hydrogen-bond acceptors (Lipinski definition) is 7. The van der Waals surface area contributed by atoms with E-state index in [0.29, 0.717) is 43.3 Å². The van der Waals surface area contributed by atoms with E-state index in [2.05, 4.69) is 10.6 Å². The minimum atomic E-state index is -1.04. The largest absolute Gasteiger partial charge is 0.497 e. The van der Waals surface area contributed by atoms with Crippen LogP contribution in [0, 0.1) is 0 Å². The summed E-state index contributed by atoms with van der Waals surface area (Å²) in [5.41, 5.74) is 2.17. The van der Waals surface area contributed by atoms with Crippen molar-refractivity contribution in [2.24, 2.45) is 0 Å². The maximum Gasteiger partial charge on any atom is 0.326 e. The third kappa shape index (κ3) is 10.4. The Balaban J connectivity index is 1.57. The van der Waals surface area contributed by atoms with E-state index < -0.39 is 12.0 Å². The van der Waals surface area contributed by atoms with Crippen molar-refractivity contribution in [2.75, 3.05) is 44.5 Å². The molecule has 0 aliphatic carbocycles. The first kappa shape index (κ1) is 31.3. The number of carboxylic acids is 1. The third-order valence-electron chi connectivity index (χ3n) is 6.30. The molecule has 8 nitrogen and oxygen atoms in total. The summed E-state index contributed by atoms with van der Waals surface area (Å²) in [6, 6.07) is 21.0. The molecule has 0 unspecified atom stereocenters. The van der Waals surface area contributed by atoms with Crippen molar-refractivity contribution in [1.82, 2.24) is 15.5 Å². The van der Waals surface area contributed by atoms with Crippen molar-refractivity contribution in [2.45, 2.75) is 24.8 Å². The third-order valence-corrected chi connectivity index (χ3v) is 7.94. The molecule has 0 spiro atoms. The number of nitrogens with one attached hydrogen (secondary N) is 2. The van der Waals surface area contributed by atoms with Crippen LogP contribution in [0.4, 0.5) is 0 Å². The van der Waals surface area contributed by atoms with Crippen molar-refractivity contribution in [1.29, 1.82) is 0 Å². The number of carbonyl (C=O) groups is 3. The predicted molar refractivity (Wildman–Crippen MR) is 164 cm³/mol. The van der Waals surface area contributed by atoms with Gasteiger partial charge in [-0.25, -0.2) is 4.79 Å². The van der Waals surface area contributed by atoms with E-state index >= 15 is 0 Å². The molecular weight excluding hydrogens is 546 g/mol. The molecule has 0 aliphatic heterocycles. The second-order valence-corrected chi connectivity index (χ2v) is 11.3. The minimum absolute atomic E-state index is 0.0222. The van der Waals surface area contributed by atoms with E-state index in [-0.39, 0.29) is 18.4 Å². The lowest BCUT2D eigenvalue weighted by molar-refractivity contribution is -0.142. The number of nitrogens with zero attached hydrogens (tertiary/aromatic N) is 1. The standard InChI is InChI=1S/C30H37N3O5S2/c1-38-25-12-10-22(11-13-25)20-40-21-29(35)31-15-16-33(19-28(34)32-27(30(36)37)14-17-39-2)18-24-8-5-7-23-6-3-4-9-26(23)24/h3-13,27H,14-21H2,1-2H3,(H,31,35)(H,32,34)(H,36,37)/t27-/m0/s1. The monoisotopic (exact) mass is 583 g/mol. The molecule has 3 aromatic rings. The minimum Gasteiger partial charge on any atom is -0.497 e. The van der Waals surface area contributed by atoms with Crippen LogP contribution in [-0.4, -0.2) is 78.3 Å².